The number of carboxylic acid groups (broad SMARTS) is 1. The fourth-order valence-electron chi connectivity index (χ4n) is 2.16. The van der Waals surface area contributed by atoms with E-state index in [0.717, 1.165) is 18.1 Å². The van der Waals surface area contributed by atoms with Crippen molar-refractivity contribution in [2.24, 2.45) is 5.10 Å². The quantitative estimate of drug-likeness (QED) is 0.703. The van der Waals surface area contributed by atoms with Crippen molar-refractivity contribution in [2.45, 2.75) is 12.8 Å². The van der Waals surface area contributed by atoms with Gasteiger partial charge in [0.05, 0.1) is 0 Å². The topological polar surface area (TPSA) is 93.5 Å². The molecule has 0 aromatic heterocycles. The molecular weight excluding hydrogens is 264 g/mol. The Bertz CT molecular complexity index is 454. The summed E-state index contributed by atoms with van der Waals surface area (Å²) in [7, 11) is 1.99. The highest BCUT2D eigenvalue weighted by atomic mass is 16.4. The number of carbonyl (C=O) groups is 3. The Morgan fingerprint density at radius 1 is 1.20 bits per heavy atom. The van der Waals surface area contributed by atoms with Gasteiger partial charge in [-0.15, -0.1) is 0 Å². The molecule has 2 amide bonds. The van der Waals surface area contributed by atoms with Gasteiger partial charge in [-0.25, -0.2) is 9.80 Å². The van der Waals surface area contributed by atoms with Crippen LogP contribution in [0.25, 0.3) is 0 Å². The number of amides is 2. The average Bonchev–Trinajstić information content (AvgIpc) is 2.41. The monoisotopic (exact) mass is 282 g/mol. The molecule has 2 rings (SSSR count). The van der Waals surface area contributed by atoms with E-state index in [0.29, 0.717) is 13.1 Å². The van der Waals surface area contributed by atoms with Gasteiger partial charge < -0.3 is 14.9 Å². The molecule has 0 spiro atoms. The van der Waals surface area contributed by atoms with Gasteiger partial charge in [0.2, 0.25) is 11.8 Å². The molecule has 110 valence electrons. The SMILES string of the molecule is CN1CCN(C(=O)CN2N=C(C(=O)O)CCC2=O)CC1. The van der Waals surface area contributed by atoms with Crippen molar-refractivity contribution in [3.8, 4) is 0 Å². The molecule has 1 saturated heterocycles. The van der Waals surface area contributed by atoms with Gasteiger partial charge in [-0.1, -0.05) is 0 Å². The predicted molar refractivity (Wildman–Crippen MR) is 70.1 cm³/mol. The third-order valence-electron chi connectivity index (χ3n) is 3.49. The zero-order valence-corrected chi connectivity index (χ0v) is 11.4. The molecule has 8 nitrogen and oxygen atoms in total. The summed E-state index contributed by atoms with van der Waals surface area (Å²) in [5.74, 6) is -1.64. The smallest absolute Gasteiger partial charge is 0.352 e. The van der Waals surface area contributed by atoms with Crippen LogP contribution in [0.3, 0.4) is 0 Å². The summed E-state index contributed by atoms with van der Waals surface area (Å²) in [6.45, 7) is 2.64. The fourth-order valence-corrected chi connectivity index (χ4v) is 2.16. The van der Waals surface area contributed by atoms with E-state index in [1.165, 1.54) is 0 Å². The molecule has 0 aliphatic carbocycles. The van der Waals surface area contributed by atoms with Crippen LogP contribution < -0.4 is 0 Å². The molecule has 8 heteroatoms. The number of hydrogen-bond acceptors (Lipinski definition) is 5. The molecule has 20 heavy (non-hydrogen) atoms. The lowest BCUT2D eigenvalue weighted by Crippen LogP contribution is -2.50. The Labute approximate surface area is 116 Å². The number of rotatable bonds is 3. The zero-order chi connectivity index (χ0) is 14.7. The van der Waals surface area contributed by atoms with Crippen LogP contribution in [0.15, 0.2) is 5.10 Å². The summed E-state index contributed by atoms with van der Waals surface area (Å²) in [5.41, 5.74) is -0.0734. The molecule has 0 saturated carbocycles. The Morgan fingerprint density at radius 2 is 1.85 bits per heavy atom. The van der Waals surface area contributed by atoms with Gasteiger partial charge in [-0.3, -0.25) is 9.59 Å². The van der Waals surface area contributed by atoms with E-state index >= 15 is 0 Å². The molecule has 0 radical (unpaired) electrons. The number of piperazine rings is 1. The van der Waals surface area contributed by atoms with Crippen molar-refractivity contribution in [2.75, 3.05) is 39.8 Å². The second kappa shape index (κ2) is 6.00. The van der Waals surface area contributed by atoms with E-state index in [9.17, 15) is 14.4 Å². The molecule has 0 bridgehead atoms. The summed E-state index contributed by atoms with van der Waals surface area (Å²) >= 11 is 0. The van der Waals surface area contributed by atoms with Gasteiger partial charge in [0.15, 0.2) is 0 Å². The third-order valence-corrected chi connectivity index (χ3v) is 3.49. The average molecular weight is 282 g/mol. The van der Waals surface area contributed by atoms with Gasteiger partial charge in [0, 0.05) is 39.0 Å². The van der Waals surface area contributed by atoms with Gasteiger partial charge >= 0.3 is 5.97 Å². The minimum absolute atomic E-state index is 0.0734. The highest BCUT2D eigenvalue weighted by Gasteiger charge is 2.28. The number of hydrazone groups is 1. The van der Waals surface area contributed by atoms with Crippen LogP contribution in [0.1, 0.15) is 12.8 Å². The Kier molecular flexibility index (Phi) is 4.33. The van der Waals surface area contributed by atoms with Gasteiger partial charge in [-0.2, -0.15) is 5.10 Å². The first-order valence-electron chi connectivity index (χ1n) is 6.55. The Hall–Kier alpha value is -1.96. The number of aliphatic carboxylic acids is 1. The number of nitrogens with zero attached hydrogens (tertiary/aromatic N) is 4. The first-order chi connectivity index (χ1) is 9.47. The lowest BCUT2D eigenvalue weighted by Gasteiger charge is -2.33. The number of carbonyl (C=O) groups excluding carboxylic acids is 2. The van der Waals surface area contributed by atoms with E-state index in [1.807, 2.05) is 7.05 Å². The molecule has 2 heterocycles. The molecule has 0 unspecified atom stereocenters. The van der Waals surface area contributed by atoms with Gasteiger partial charge in [0.25, 0.3) is 0 Å². The summed E-state index contributed by atoms with van der Waals surface area (Å²) in [6.07, 6.45) is 0.203. The van der Waals surface area contributed by atoms with Crippen LogP contribution in [0.5, 0.6) is 0 Å². The molecular formula is C12H18N4O4. The second-order valence-electron chi connectivity index (χ2n) is 4.99. The third kappa shape index (κ3) is 3.32. The summed E-state index contributed by atoms with van der Waals surface area (Å²) in [4.78, 5) is 38.4. The van der Waals surface area contributed by atoms with Crippen molar-refractivity contribution in [1.82, 2.24) is 14.8 Å². The highest BCUT2D eigenvalue weighted by molar-refractivity contribution is 6.36. The van der Waals surface area contributed by atoms with E-state index < -0.39 is 5.97 Å². The van der Waals surface area contributed by atoms with E-state index in [2.05, 4.69) is 10.0 Å². The summed E-state index contributed by atoms with van der Waals surface area (Å²) in [6, 6.07) is 0. The maximum atomic E-state index is 12.1. The molecule has 0 aromatic rings. The van der Waals surface area contributed by atoms with Crippen molar-refractivity contribution in [3.05, 3.63) is 0 Å². The van der Waals surface area contributed by atoms with Gasteiger partial charge in [0.1, 0.15) is 12.3 Å². The van der Waals surface area contributed by atoms with Crippen LogP contribution in [0.4, 0.5) is 0 Å². The normalized spacial score (nSPS) is 20.9. The lowest BCUT2D eigenvalue weighted by atomic mass is 10.1. The molecule has 0 aromatic carbocycles. The zero-order valence-electron chi connectivity index (χ0n) is 11.4. The molecule has 2 aliphatic rings. The van der Waals surface area contributed by atoms with Crippen LogP contribution in [-0.2, 0) is 14.4 Å². The van der Waals surface area contributed by atoms with Crippen molar-refractivity contribution in [1.29, 1.82) is 0 Å². The first kappa shape index (κ1) is 14.4. The standard InChI is InChI=1S/C12H18N4O4/c1-14-4-6-15(7-5-14)11(18)8-16-10(17)3-2-9(13-16)12(19)20/h2-8H2,1H3,(H,19,20). The highest BCUT2D eigenvalue weighted by Crippen LogP contribution is 2.10. The molecule has 0 atom stereocenters. The number of hydrogen-bond donors (Lipinski definition) is 1. The van der Waals surface area contributed by atoms with E-state index in [4.69, 9.17) is 5.11 Å². The second-order valence-corrected chi connectivity index (χ2v) is 4.99. The number of likely N-dealkylation sites (N-methyl/N-ethyl adjacent to an activating group) is 1. The molecule has 2 aliphatic heterocycles. The first-order valence-corrected chi connectivity index (χ1v) is 6.55. The summed E-state index contributed by atoms with van der Waals surface area (Å²) < 4.78 is 0. The fraction of sp³-hybridized carbons (Fsp3) is 0.667. The van der Waals surface area contributed by atoms with Crippen LogP contribution in [0.2, 0.25) is 0 Å². The van der Waals surface area contributed by atoms with Crippen molar-refractivity contribution >= 4 is 23.5 Å². The Balaban J connectivity index is 1.97. The molecule has 1 N–H and O–H groups in total. The van der Waals surface area contributed by atoms with Crippen LogP contribution in [0, 0.1) is 0 Å². The predicted octanol–water partition coefficient (Wildman–Crippen LogP) is -1.18. The van der Waals surface area contributed by atoms with Crippen molar-refractivity contribution in [3.63, 3.8) is 0 Å². The summed E-state index contributed by atoms with van der Waals surface area (Å²) in [5, 5.41) is 13.6. The lowest BCUT2D eigenvalue weighted by molar-refractivity contribution is -0.142. The van der Waals surface area contributed by atoms with Crippen molar-refractivity contribution < 1.29 is 19.5 Å². The maximum absolute atomic E-state index is 12.1. The Morgan fingerprint density at radius 3 is 2.45 bits per heavy atom. The molecule has 1 fully saturated rings. The minimum Gasteiger partial charge on any atom is -0.477 e. The largest absolute Gasteiger partial charge is 0.477 e. The maximum Gasteiger partial charge on any atom is 0.352 e. The van der Waals surface area contributed by atoms with Crippen LogP contribution in [-0.4, -0.2) is 83.2 Å². The van der Waals surface area contributed by atoms with Crippen LogP contribution >= 0.6 is 0 Å². The van der Waals surface area contributed by atoms with E-state index in [-0.39, 0.29) is 36.9 Å². The van der Waals surface area contributed by atoms with Gasteiger partial charge in [-0.05, 0) is 7.05 Å². The van der Waals surface area contributed by atoms with E-state index in [1.54, 1.807) is 4.90 Å². The number of carboxylic acids is 1. The minimum atomic E-state index is -1.14.